The summed E-state index contributed by atoms with van der Waals surface area (Å²) in [6.45, 7) is 0. The second-order valence-corrected chi connectivity index (χ2v) is 3.64. The maximum atomic E-state index is 11.8. The molecule has 0 aliphatic rings. The van der Waals surface area contributed by atoms with Crippen LogP contribution in [0.15, 0.2) is 34.1 Å². The van der Waals surface area contributed by atoms with E-state index in [4.69, 9.17) is 5.11 Å². The van der Waals surface area contributed by atoms with Crippen LogP contribution in [0.2, 0.25) is 0 Å². The predicted molar refractivity (Wildman–Crippen MR) is 66.8 cm³/mol. The molecule has 2 rings (SSSR count). The largest absolute Gasteiger partial charge is 0.476 e. The number of carboxylic acids is 1. The average molecular weight is 276 g/mol. The van der Waals surface area contributed by atoms with Crippen molar-refractivity contribution in [2.24, 2.45) is 0 Å². The van der Waals surface area contributed by atoms with Crippen LogP contribution in [0.25, 0.3) is 0 Å². The van der Waals surface area contributed by atoms with Gasteiger partial charge in [0.15, 0.2) is 5.69 Å². The van der Waals surface area contributed by atoms with Gasteiger partial charge in [-0.2, -0.15) is 0 Å². The van der Waals surface area contributed by atoms with E-state index in [1.54, 1.807) is 0 Å². The van der Waals surface area contributed by atoms with Gasteiger partial charge in [-0.1, -0.05) is 0 Å². The first kappa shape index (κ1) is 13.2. The predicted octanol–water partition coefficient (Wildman–Crippen LogP) is -0.591. The summed E-state index contributed by atoms with van der Waals surface area (Å²) in [7, 11) is 0. The van der Waals surface area contributed by atoms with Crippen molar-refractivity contribution in [1.29, 1.82) is 0 Å². The van der Waals surface area contributed by atoms with E-state index in [2.05, 4.69) is 15.3 Å². The van der Waals surface area contributed by atoms with E-state index in [0.717, 1.165) is 6.20 Å². The van der Waals surface area contributed by atoms with Crippen LogP contribution in [-0.2, 0) is 0 Å². The Labute approximate surface area is 110 Å². The van der Waals surface area contributed by atoms with E-state index >= 15 is 0 Å². The topological polar surface area (TPSA) is 145 Å². The first-order valence-electron chi connectivity index (χ1n) is 5.30. The van der Waals surface area contributed by atoms with Crippen molar-refractivity contribution < 1.29 is 14.7 Å². The maximum absolute atomic E-state index is 11.8. The SMILES string of the molecule is O=C(O)c1ncccc1NC(=O)c1c[nH]c(=O)[nH]c1=O. The molecule has 9 heteroatoms. The molecule has 102 valence electrons. The van der Waals surface area contributed by atoms with E-state index in [1.807, 2.05) is 4.98 Å². The van der Waals surface area contributed by atoms with Crippen LogP contribution in [0.5, 0.6) is 0 Å². The number of hydrogen-bond donors (Lipinski definition) is 4. The zero-order valence-corrected chi connectivity index (χ0v) is 9.84. The number of H-pyrrole nitrogens is 2. The van der Waals surface area contributed by atoms with Crippen molar-refractivity contribution in [2.45, 2.75) is 0 Å². The molecule has 0 bridgehead atoms. The number of hydrogen-bond acceptors (Lipinski definition) is 5. The lowest BCUT2D eigenvalue weighted by atomic mass is 10.2. The summed E-state index contributed by atoms with van der Waals surface area (Å²) in [6, 6.07) is 2.76. The lowest BCUT2D eigenvalue weighted by molar-refractivity contribution is 0.0692. The number of aromatic amines is 2. The monoisotopic (exact) mass is 276 g/mol. The van der Waals surface area contributed by atoms with Crippen molar-refractivity contribution in [1.82, 2.24) is 15.0 Å². The van der Waals surface area contributed by atoms with Crippen molar-refractivity contribution in [3.05, 3.63) is 56.6 Å². The summed E-state index contributed by atoms with van der Waals surface area (Å²) in [5.41, 5.74) is -2.41. The van der Waals surface area contributed by atoms with E-state index in [0.29, 0.717) is 0 Å². The Bertz CT molecular complexity index is 792. The number of aromatic nitrogens is 3. The Morgan fingerprint density at radius 1 is 1.30 bits per heavy atom. The number of carbonyl (C=O) groups excluding carboxylic acids is 1. The first-order chi connectivity index (χ1) is 9.49. The van der Waals surface area contributed by atoms with Gasteiger partial charge in [0.25, 0.3) is 11.5 Å². The highest BCUT2D eigenvalue weighted by Crippen LogP contribution is 2.12. The van der Waals surface area contributed by atoms with Crippen molar-refractivity contribution in [3.63, 3.8) is 0 Å². The highest BCUT2D eigenvalue weighted by molar-refractivity contribution is 6.06. The van der Waals surface area contributed by atoms with E-state index in [9.17, 15) is 19.2 Å². The van der Waals surface area contributed by atoms with Gasteiger partial charge in [0, 0.05) is 12.4 Å². The van der Waals surface area contributed by atoms with E-state index in [1.165, 1.54) is 18.3 Å². The Morgan fingerprint density at radius 2 is 2.05 bits per heavy atom. The lowest BCUT2D eigenvalue weighted by Gasteiger charge is -2.06. The van der Waals surface area contributed by atoms with Crippen LogP contribution in [0.1, 0.15) is 20.8 Å². The van der Waals surface area contributed by atoms with Gasteiger partial charge in [-0.05, 0) is 12.1 Å². The average Bonchev–Trinajstić information content (AvgIpc) is 2.38. The van der Waals surface area contributed by atoms with Gasteiger partial charge in [0.1, 0.15) is 5.56 Å². The molecule has 9 nitrogen and oxygen atoms in total. The summed E-state index contributed by atoms with van der Waals surface area (Å²) in [4.78, 5) is 52.7. The number of pyridine rings is 1. The fourth-order valence-corrected chi connectivity index (χ4v) is 1.44. The van der Waals surface area contributed by atoms with Gasteiger partial charge in [-0.25, -0.2) is 14.6 Å². The number of nitrogens with one attached hydrogen (secondary N) is 3. The minimum absolute atomic E-state index is 0.0596. The Morgan fingerprint density at radius 3 is 2.70 bits per heavy atom. The molecule has 1 amide bonds. The van der Waals surface area contributed by atoms with Gasteiger partial charge in [-0.15, -0.1) is 0 Å². The fraction of sp³-hybridized carbons (Fsp3) is 0. The van der Waals surface area contributed by atoms with Crippen molar-refractivity contribution in [2.75, 3.05) is 5.32 Å². The molecule has 2 aromatic heterocycles. The molecule has 0 aliphatic heterocycles. The Balaban J connectivity index is 2.35. The molecule has 0 fully saturated rings. The van der Waals surface area contributed by atoms with Crippen LogP contribution >= 0.6 is 0 Å². The van der Waals surface area contributed by atoms with Gasteiger partial charge >= 0.3 is 11.7 Å². The van der Waals surface area contributed by atoms with Gasteiger partial charge in [0.2, 0.25) is 0 Å². The van der Waals surface area contributed by atoms with Gasteiger partial charge < -0.3 is 15.4 Å². The summed E-state index contributed by atoms with van der Waals surface area (Å²) < 4.78 is 0. The van der Waals surface area contributed by atoms with Crippen molar-refractivity contribution in [3.8, 4) is 0 Å². The highest BCUT2D eigenvalue weighted by atomic mass is 16.4. The second kappa shape index (κ2) is 5.18. The molecule has 0 aliphatic carbocycles. The number of carboxylic acid groups (broad SMARTS) is 1. The number of aromatic carboxylic acids is 1. The third-order valence-corrected chi connectivity index (χ3v) is 2.32. The highest BCUT2D eigenvalue weighted by Gasteiger charge is 2.16. The summed E-state index contributed by atoms with van der Waals surface area (Å²) in [5.74, 6) is -2.19. The zero-order chi connectivity index (χ0) is 14.7. The summed E-state index contributed by atoms with van der Waals surface area (Å²) in [5, 5.41) is 11.2. The Kier molecular flexibility index (Phi) is 3.42. The molecule has 0 saturated heterocycles. The standard InChI is InChI=1S/C11H8N4O5/c16-8(5-4-13-11(20)15-9(5)17)14-6-2-1-3-12-7(6)10(18)19/h1-4H,(H,14,16)(H,18,19)(H2,13,15,17,20). The quantitative estimate of drug-likeness (QED) is 0.589. The smallest absolute Gasteiger partial charge is 0.356 e. The molecular weight excluding hydrogens is 268 g/mol. The third-order valence-electron chi connectivity index (χ3n) is 2.32. The third kappa shape index (κ3) is 2.61. The molecule has 4 N–H and O–H groups in total. The van der Waals surface area contributed by atoms with Gasteiger partial charge in [0.05, 0.1) is 5.69 Å². The van der Waals surface area contributed by atoms with E-state index < -0.39 is 23.1 Å². The van der Waals surface area contributed by atoms with Crippen molar-refractivity contribution >= 4 is 17.6 Å². The number of nitrogens with zero attached hydrogens (tertiary/aromatic N) is 1. The number of rotatable bonds is 3. The van der Waals surface area contributed by atoms with Crippen LogP contribution < -0.4 is 16.6 Å². The number of amides is 1. The lowest BCUT2D eigenvalue weighted by Crippen LogP contribution is -2.30. The fourth-order valence-electron chi connectivity index (χ4n) is 1.44. The maximum Gasteiger partial charge on any atom is 0.356 e. The minimum Gasteiger partial charge on any atom is -0.476 e. The molecule has 2 heterocycles. The first-order valence-corrected chi connectivity index (χ1v) is 5.30. The molecule has 2 aromatic rings. The van der Waals surface area contributed by atoms with E-state index in [-0.39, 0.29) is 16.9 Å². The molecule has 0 atom stereocenters. The van der Waals surface area contributed by atoms with Gasteiger partial charge in [-0.3, -0.25) is 14.6 Å². The van der Waals surface area contributed by atoms with Crippen LogP contribution in [-0.4, -0.2) is 31.9 Å². The normalized spacial score (nSPS) is 10.0. The van der Waals surface area contributed by atoms with Crippen LogP contribution in [0.3, 0.4) is 0 Å². The molecule has 0 aromatic carbocycles. The Hall–Kier alpha value is -3.23. The number of carbonyl (C=O) groups is 2. The number of anilines is 1. The summed E-state index contributed by atoms with van der Waals surface area (Å²) in [6.07, 6.45) is 2.19. The molecule has 20 heavy (non-hydrogen) atoms. The molecule has 0 spiro atoms. The zero-order valence-electron chi connectivity index (χ0n) is 9.84. The van der Waals surface area contributed by atoms with Crippen LogP contribution in [0.4, 0.5) is 5.69 Å². The molecular formula is C11H8N4O5. The molecule has 0 saturated carbocycles. The summed E-state index contributed by atoms with van der Waals surface area (Å²) >= 11 is 0. The minimum atomic E-state index is -1.32. The van der Waals surface area contributed by atoms with Crippen LogP contribution in [0, 0.1) is 0 Å². The molecule has 0 radical (unpaired) electrons. The molecule has 0 unspecified atom stereocenters. The second-order valence-electron chi connectivity index (χ2n) is 3.64.